The number of hydrogen-bond donors (Lipinski definition) is 1. The van der Waals surface area contributed by atoms with Crippen LogP contribution in [0, 0.1) is 10.6 Å². The van der Waals surface area contributed by atoms with E-state index >= 15 is 0 Å². The molecule has 0 bridgehead atoms. The standard InChI is InChI=1S/C16H14BrFN4OS2/c17-11-2-1-9(18)7-12(11)23-10-3-5-22(6-4-10)16-21-14-13(25-16)8-19-15(24)20-14/h1-2,7-8,10H,3-6H2,(H,19,20,24). The van der Waals surface area contributed by atoms with E-state index in [2.05, 4.69) is 35.8 Å². The van der Waals surface area contributed by atoms with E-state index in [1.165, 1.54) is 12.1 Å². The number of nitrogens with zero attached hydrogens (tertiary/aromatic N) is 3. The molecular weight excluding hydrogens is 427 g/mol. The third-order valence-corrected chi connectivity index (χ3v) is 5.98. The fourth-order valence-electron chi connectivity index (χ4n) is 2.80. The van der Waals surface area contributed by atoms with Crippen molar-refractivity contribution in [1.29, 1.82) is 0 Å². The first-order chi connectivity index (χ1) is 12.1. The minimum absolute atomic E-state index is 0.0659. The number of piperidine rings is 1. The minimum atomic E-state index is -0.295. The van der Waals surface area contributed by atoms with Crippen LogP contribution < -0.4 is 9.64 Å². The molecular formula is C16H14BrFN4OS2. The van der Waals surface area contributed by atoms with E-state index in [4.69, 9.17) is 17.0 Å². The number of halogens is 2. The van der Waals surface area contributed by atoms with Crippen LogP contribution in [0.5, 0.6) is 5.75 Å². The molecule has 0 unspecified atom stereocenters. The Balaban J connectivity index is 1.43. The van der Waals surface area contributed by atoms with Crippen molar-refractivity contribution < 1.29 is 9.13 Å². The molecule has 1 aliphatic rings. The molecule has 1 N–H and O–H groups in total. The lowest BCUT2D eigenvalue weighted by atomic mass is 10.1. The highest BCUT2D eigenvalue weighted by Crippen LogP contribution is 2.31. The van der Waals surface area contributed by atoms with Gasteiger partial charge in [0.1, 0.15) is 17.7 Å². The van der Waals surface area contributed by atoms with Crippen LogP contribution in [0.2, 0.25) is 0 Å². The van der Waals surface area contributed by atoms with E-state index in [0.717, 1.165) is 45.9 Å². The van der Waals surface area contributed by atoms with Crippen LogP contribution in [0.25, 0.3) is 10.3 Å². The maximum atomic E-state index is 13.4. The van der Waals surface area contributed by atoms with E-state index in [1.54, 1.807) is 23.6 Å². The van der Waals surface area contributed by atoms with Crippen molar-refractivity contribution in [3.8, 4) is 5.75 Å². The van der Waals surface area contributed by atoms with Gasteiger partial charge in [0.05, 0.1) is 15.4 Å². The van der Waals surface area contributed by atoms with Gasteiger partial charge in [0.25, 0.3) is 0 Å². The lowest BCUT2D eigenvalue weighted by Gasteiger charge is -2.32. The van der Waals surface area contributed by atoms with Crippen LogP contribution >= 0.6 is 39.5 Å². The molecule has 5 nitrogen and oxygen atoms in total. The largest absolute Gasteiger partial charge is 0.489 e. The normalized spacial score (nSPS) is 15.7. The average molecular weight is 441 g/mol. The number of nitrogens with one attached hydrogen (secondary N) is 1. The van der Waals surface area contributed by atoms with Crippen LogP contribution in [0.15, 0.2) is 28.9 Å². The maximum absolute atomic E-state index is 13.4. The Labute approximate surface area is 161 Å². The van der Waals surface area contributed by atoms with E-state index < -0.39 is 0 Å². The summed E-state index contributed by atoms with van der Waals surface area (Å²) in [7, 11) is 0. The van der Waals surface area contributed by atoms with E-state index in [0.29, 0.717) is 10.5 Å². The summed E-state index contributed by atoms with van der Waals surface area (Å²) < 4.78 is 21.6. The summed E-state index contributed by atoms with van der Waals surface area (Å²) in [5.41, 5.74) is 0.780. The van der Waals surface area contributed by atoms with Crippen molar-refractivity contribution >= 4 is 55.0 Å². The van der Waals surface area contributed by atoms with Crippen molar-refractivity contribution in [2.24, 2.45) is 0 Å². The van der Waals surface area contributed by atoms with Crippen LogP contribution in [-0.2, 0) is 0 Å². The Bertz CT molecular complexity index is 968. The minimum Gasteiger partial charge on any atom is -0.489 e. The molecule has 2 aromatic heterocycles. The van der Waals surface area contributed by atoms with Gasteiger partial charge in [0, 0.05) is 32.0 Å². The molecule has 0 aliphatic carbocycles. The van der Waals surface area contributed by atoms with Crippen LogP contribution in [-0.4, -0.2) is 34.1 Å². The number of fused-ring (bicyclic) bond motifs is 1. The molecule has 3 heterocycles. The fraction of sp³-hybridized carbons (Fsp3) is 0.312. The third kappa shape index (κ3) is 3.68. The number of rotatable bonds is 3. The Morgan fingerprint density at radius 2 is 2.16 bits per heavy atom. The quantitative estimate of drug-likeness (QED) is 0.598. The monoisotopic (exact) mass is 440 g/mol. The van der Waals surface area contributed by atoms with Crippen LogP contribution in [0.4, 0.5) is 9.52 Å². The highest BCUT2D eigenvalue weighted by molar-refractivity contribution is 9.10. The molecule has 3 aromatic rings. The number of ether oxygens (including phenoxy) is 1. The molecule has 1 saturated heterocycles. The summed E-state index contributed by atoms with van der Waals surface area (Å²) in [6.45, 7) is 1.68. The number of aromatic nitrogens is 3. The van der Waals surface area contributed by atoms with Gasteiger partial charge in [0.15, 0.2) is 15.5 Å². The lowest BCUT2D eigenvalue weighted by Crippen LogP contribution is -2.38. The topological polar surface area (TPSA) is 54.0 Å². The number of anilines is 1. The molecule has 0 spiro atoms. The average Bonchev–Trinajstić information content (AvgIpc) is 3.02. The van der Waals surface area contributed by atoms with Gasteiger partial charge in [-0.2, -0.15) is 0 Å². The van der Waals surface area contributed by atoms with Crippen LogP contribution in [0.3, 0.4) is 0 Å². The summed E-state index contributed by atoms with van der Waals surface area (Å²) in [5, 5.41) is 0.957. The maximum Gasteiger partial charge on any atom is 0.198 e. The second-order valence-electron chi connectivity index (χ2n) is 5.78. The molecule has 0 amide bonds. The Morgan fingerprint density at radius 3 is 2.96 bits per heavy atom. The zero-order valence-corrected chi connectivity index (χ0v) is 16.3. The third-order valence-electron chi connectivity index (χ3n) is 4.07. The molecule has 0 atom stereocenters. The van der Waals surface area contributed by atoms with E-state index in [-0.39, 0.29) is 11.9 Å². The molecule has 25 heavy (non-hydrogen) atoms. The summed E-state index contributed by atoms with van der Waals surface area (Å²) in [6, 6.07) is 4.49. The molecule has 130 valence electrons. The number of aromatic amines is 1. The van der Waals surface area contributed by atoms with Gasteiger partial charge in [-0.15, -0.1) is 0 Å². The second-order valence-corrected chi connectivity index (χ2v) is 8.03. The smallest absolute Gasteiger partial charge is 0.198 e. The number of benzene rings is 1. The molecule has 9 heteroatoms. The second kappa shape index (κ2) is 6.97. The SMILES string of the molecule is Fc1ccc(Br)c(OC2CCN(c3nc4[nH]c(=S)ncc4s3)CC2)c1. The van der Waals surface area contributed by atoms with Gasteiger partial charge in [-0.25, -0.2) is 14.4 Å². The zero-order chi connectivity index (χ0) is 17.4. The number of H-pyrrole nitrogens is 1. The molecule has 1 aliphatic heterocycles. The summed E-state index contributed by atoms with van der Waals surface area (Å²) in [5.74, 6) is 0.258. The summed E-state index contributed by atoms with van der Waals surface area (Å²) in [6.07, 6.45) is 3.53. The van der Waals surface area contributed by atoms with Gasteiger partial charge in [-0.1, -0.05) is 11.3 Å². The highest BCUT2D eigenvalue weighted by Gasteiger charge is 2.23. The molecule has 0 radical (unpaired) electrons. The first-order valence-electron chi connectivity index (χ1n) is 7.81. The van der Waals surface area contributed by atoms with Gasteiger partial charge in [-0.3, -0.25) is 0 Å². The Hall–Kier alpha value is -1.58. The zero-order valence-electron chi connectivity index (χ0n) is 13.0. The van der Waals surface area contributed by atoms with Crippen molar-refractivity contribution in [2.45, 2.75) is 18.9 Å². The summed E-state index contributed by atoms with van der Waals surface area (Å²) >= 11 is 10.0. The van der Waals surface area contributed by atoms with Crippen molar-refractivity contribution in [3.63, 3.8) is 0 Å². The lowest BCUT2D eigenvalue weighted by molar-refractivity contribution is 0.169. The first-order valence-corrected chi connectivity index (χ1v) is 9.83. The van der Waals surface area contributed by atoms with Gasteiger partial charge < -0.3 is 14.6 Å². The molecule has 4 rings (SSSR count). The first kappa shape index (κ1) is 16.9. The number of thiazole rings is 1. The Morgan fingerprint density at radius 1 is 1.36 bits per heavy atom. The van der Waals surface area contributed by atoms with E-state index in [9.17, 15) is 4.39 Å². The molecule has 0 saturated carbocycles. The molecule has 1 aromatic carbocycles. The predicted octanol–water partition coefficient (Wildman–Crippen LogP) is 4.70. The predicted molar refractivity (Wildman–Crippen MR) is 103 cm³/mol. The van der Waals surface area contributed by atoms with Gasteiger partial charge in [0.2, 0.25) is 0 Å². The fourth-order valence-corrected chi connectivity index (χ4v) is 4.23. The number of hydrogen-bond acceptors (Lipinski definition) is 6. The van der Waals surface area contributed by atoms with E-state index in [1.807, 2.05) is 0 Å². The van der Waals surface area contributed by atoms with Crippen molar-refractivity contribution in [2.75, 3.05) is 18.0 Å². The van der Waals surface area contributed by atoms with Crippen molar-refractivity contribution in [3.05, 3.63) is 39.5 Å². The van der Waals surface area contributed by atoms with Gasteiger partial charge in [-0.05, 0) is 40.3 Å². The van der Waals surface area contributed by atoms with Crippen LogP contribution in [0.1, 0.15) is 12.8 Å². The highest BCUT2D eigenvalue weighted by atomic mass is 79.9. The molecule has 1 fully saturated rings. The Kier molecular flexibility index (Phi) is 4.70. The van der Waals surface area contributed by atoms with Crippen molar-refractivity contribution in [1.82, 2.24) is 15.0 Å². The van der Waals surface area contributed by atoms with Gasteiger partial charge >= 0.3 is 0 Å². The summed E-state index contributed by atoms with van der Waals surface area (Å²) in [4.78, 5) is 14.0.